The topological polar surface area (TPSA) is 32.3 Å². The number of aliphatic hydroxyl groups excluding tert-OH is 1. The molecule has 12 heavy (non-hydrogen) atoms. The molecule has 2 nitrogen and oxygen atoms in total. The first-order chi connectivity index (χ1) is 5.70. The van der Waals surface area contributed by atoms with Crippen LogP contribution in [0.5, 0.6) is 0 Å². The maximum atomic E-state index is 9.10. The molecule has 72 valence electrons. The van der Waals surface area contributed by atoms with Gasteiger partial charge in [0.05, 0.1) is 0 Å². The van der Waals surface area contributed by atoms with E-state index >= 15 is 0 Å². The van der Waals surface area contributed by atoms with Crippen molar-refractivity contribution >= 4 is 12.8 Å². The third kappa shape index (κ3) is 1.95. The maximum Gasteiger partial charge on any atom is 0.0461 e. The van der Waals surface area contributed by atoms with E-state index in [0.29, 0.717) is 30.4 Å². The highest BCUT2D eigenvalue weighted by Gasteiger charge is 2.32. The Kier molecular flexibility index (Phi) is 3.87. The molecule has 0 saturated heterocycles. The number of aliphatic hydroxyl groups is 1. The van der Waals surface area contributed by atoms with Crippen molar-refractivity contribution in [1.29, 1.82) is 0 Å². The SMILES string of the molecule is C[C@H]1[C@@H](CO)CC[C@@H](NS)[C@H]1C. The molecular formula is C9H19NOS. The van der Waals surface area contributed by atoms with Crippen LogP contribution in [-0.4, -0.2) is 17.8 Å². The number of nitrogens with one attached hydrogen (secondary N) is 1. The van der Waals surface area contributed by atoms with Crippen LogP contribution in [0.3, 0.4) is 0 Å². The molecule has 0 amide bonds. The van der Waals surface area contributed by atoms with Crippen LogP contribution in [0.25, 0.3) is 0 Å². The second kappa shape index (κ2) is 4.49. The molecule has 0 aromatic carbocycles. The molecule has 0 spiro atoms. The molecule has 4 atom stereocenters. The van der Waals surface area contributed by atoms with E-state index in [1.165, 1.54) is 0 Å². The third-order valence-electron chi connectivity index (χ3n) is 3.46. The first-order valence-corrected chi connectivity index (χ1v) is 5.16. The summed E-state index contributed by atoms with van der Waals surface area (Å²) in [5.74, 6) is 1.72. The van der Waals surface area contributed by atoms with Crippen LogP contribution < -0.4 is 4.72 Å². The lowest BCUT2D eigenvalue weighted by molar-refractivity contribution is 0.0920. The van der Waals surface area contributed by atoms with E-state index in [9.17, 15) is 0 Å². The molecule has 0 unspecified atom stereocenters. The fraction of sp³-hybridized carbons (Fsp3) is 1.00. The highest BCUT2D eigenvalue weighted by molar-refractivity contribution is 7.78. The zero-order chi connectivity index (χ0) is 9.14. The summed E-state index contributed by atoms with van der Waals surface area (Å²) in [5.41, 5.74) is 0. The summed E-state index contributed by atoms with van der Waals surface area (Å²) in [6, 6.07) is 0.520. The van der Waals surface area contributed by atoms with Crippen molar-refractivity contribution in [3.63, 3.8) is 0 Å². The molecule has 0 aromatic rings. The molecular weight excluding hydrogens is 170 g/mol. The second-order valence-corrected chi connectivity index (χ2v) is 4.23. The Morgan fingerprint density at radius 1 is 1.33 bits per heavy atom. The Hall–Kier alpha value is 0.270. The summed E-state index contributed by atoms with van der Waals surface area (Å²) in [4.78, 5) is 0. The minimum Gasteiger partial charge on any atom is -0.396 e. The van der Waals surface area contributed by atoms with Gasteiger partial charge in [-0.2, -0.15) is 0 Å². The van der Waals surface area contributed by atoms with Gasteiger partial charge in [-0.15, -0.1) is 0 Å². The van der Waals surface area contributed by atoms with Crippen LogP contribution in [0, 0.1) is 17.8 Å². The van der Waals surface area contributed by atoms with Crippen LogP contribution in [0.1, 0.15) is 26.7 Å². The monoisotopic (exact) mass is 189 g/mol. The van der Waals surface area contributed by atoms with E-state index in [-0.39, 0.29) is 0 Å². The molecule has 1 aliphatic carbocycles. The Balaban J connectivity index is 2.52. The first-order valence-electron chi connectivity index (χ1n) is 4.71. The highest BCUT2D eigenvalue weighted by atomic mass is 32.1. The van der Waals surface area contributed by atoms with Crippen molar-refractivity contribution in [1.82, 2.24) is 4.72 Å². The van der Waals surface area contributed by atoms with Crippen molar-refractivity contribution in [3.8, 4) is 0 Å². The van der Waals surface area contributed by atoms with Crippen LogP contribution >= 0.6 is 12.8 Å². The van der Waals surface area contributed by atoms with Gasteiger partial charge in [0.1, 0.15) is 0 Å². The molecule has 1 fully saturated rings. The molecule has 0 heterocycles. The summed E-state index contributed by atoms with van der Waals surface area (Å²) < 4.78 is 3.04. The number of thiol groups is 1. The number of rotatable bonds is 2. The zero-order valence-corrected chi connectivity index (χ0v) is 8.72. The van der Waals surface area contributed by atoms with Crippen molar-refractivity contribution in [2.24, 2.45) is 17.8 Å². The van der Waals surface area contributed by atoms with Crippen molar-refractivity contribution in [2.45, 2.75) is 32.7 Å². The molecule has 0 radical (unpaired) electrons. The average Bonchev–Trinajstić information content (AvgIpc) is 2.10. The van der Waals surface area contributed by atoms with Gasteiger partial charge in [0.15, 0.2) is 0 Å². The van der Waals surface area contributed by atoms with Crippen LogP contribution in [0.4, 0.5) is 0 Å². The molecule has 1 aliphatic rings. The molecule has 3 heteroatoms. The normalized spacial score (nSPS) is 43.0. The van der Waals surface area contributed by atoms with E-state index in [0.717, 1.165) is 12.8 Å². The molecule has 0 aliphatic heterocycles. The summed E-state index contributed by atoms with van der Waals surface area (Å²) >= 11 is 4.11. The smallest absolute Gasteiger partial charge is 0.0461 e. The molecule has 1 saturated carbocycles. The Bertz CT molecular complexity index is 126. The van der Waals surface area contributed by atoms with Gasteiger partial charge >= 0.3 is 0 Å². The Morgan fingerprint density at radius 3 is 2.50 bits per heavy atom. The fourth-order valence-electron chi connectivity index (χ4n) is 2.15. The summed E-state index contributed by atoms with van der Waals surface area (Å²) in [6.45, 7) is 4.80. The first kappa shape index (κ1) is 10.4. The van der Waals surface area contributed by atoms with Gasteiger partial charge < -0.3 is 5.11 Å². The van der Waals surface area contributed by atoms with E-state index in [1.54, 1.807) is 0 Å². The standard InChI is InChI=1S/C9H19NOS/c1-6-7(2)9(10-12)4-3-8(6)5-11/h6-12H,3-5H2,1-2H3/t6-,7+,8-,9-/m1/s1. The average molecular weight is 189 g/mol. The maximum absolute atomic E-state index is 9.10. The molecule has 1 rings (SSSR count). The molecule has 2 N–H and O–H groups in total. The van der Waals surface area contributed by atoms with Crippen molar-refractivity contribution in [2.75, 3.05) is 6.61 Å². The third-order valence-corrected chi connectivity index (χ3v) is 3.79. The fourth-order valence-corrected chi connectivity index (χ4v) is 2.52. The van der Waals surface area contributed by atoms with Gasteiger partial charge in [0.2, 0.25) is 0 Å². The summed E-state index contributed by atoms with van der Waals surface area (Å²) in [7, 11) is 0. The van der Waals surface area contributed by atoms with Gasteiger partial charge in [-0.1, -0.05) is 26.7 Å². The predicted molar refractivity (Wildman–Crippen MR) is 54.0 cm³/mol. The Labute approximate surface area is 80.3 Å². The van der Waals surface area contributed by atoms with E-state index in [2.05, 4.69) is 31.4 Å². The lowest BCUT2D eigenvalue weighted by Crippen LogP contribution is -2.41. The summed E-state index contributed by atoms with van der Waals surface area (Å²) in [6.07, 6.45) is 2.26. The summed E-state index contributed by atoms with van der Waals surface area (Å²) in [5, 5.41) is 9.10. The van der Waals surface area contributed by atoms with Crippen molar-refractivity contribution < 1.29 is 5.11 Å². The largest absolute Gasteiger partial charge is 0.396 e. The van der Waals surface area contributed by atoms with Crippen LogP contribution in [0.15, 0.2) is 0 Å². The zero-order valence-electron chi connectivity index (χ0n) is 7.83. The highest BCUT2D eigenvalue weighted by Crippen LogP contribution is 2.34. The molecule has 0 aromatic heterocycles. The van der Waals surface area contributed by atoms with Gasteiger partial charge in [-0.25, -0.2) is 0 Å². The van der Waals surface area contributed by atoms with Gasteiger partial charge in [-0.3, -0.25) is 4.72 Å². The van der Waals surface area contributed by atoms with Gasteiger partial charge in [0, 0.05) is 12.6 Å². The second-order valence-electron chi connectivity index (χ2n) is 3.97. The number of hydrogen-bond donors (Lipinski definition) is 3. The lowest BCUT2D eigenvalue weighted by atomic mass is 9.72. The van der Waals surface area contributed by atoms with Crippen LogP contribution in [0.2, 0.25) is 0 Å². The van der Waals surface area contributed by atoms with E-state index < -0.39 is 0 Å². The van der Waals surface area contributed by atoms with E-state index in [4.69, 9.17) is 5.11 Å². The van der Waals surface area contributed by atoms with Gasteiger partial charge in [0.25, 0.3) is 0 Å². The van der Waals surface area contributed by atoms with Crippen molar-refractivity contribution in [3.05, 3.63) is 0 Å². The predicted octanol–water partition coefficient (Wildman–Crippen LogP) is 1.46. The lowest BCUT2D eigenvalue weighted by Gasteiger charge is -2.38. The minimum absolute atomic E-state index is 0.338. The van der Waals surface area contributed by atoms with Crippen LogP contribution in [-0.2, 0) is 0 Å². The minimum atomic E-state index is 0.338. The van der Waals surface area contributed by atoms with E-state index in [1.807, 2.05) is 0 Å². The quantitative estimate of drug-likeness (QED) is 0.575. The Morgan fingerprint density at radius 2 is 2.00 bits per heavy atom. The number of hydrogen-bond acceptors (Lipinski definition) is 3. The van der Waals surface area contributed by atoms with Gasteiger partial charge in [-0.05, 0) is 30.6 Å². The molecule has 0 bridgehead atoms.